The van der Waals surface area contributed by atoms with E-state index in [2.05, 4.69) is 21.7 Å². The van der Waals surface area contributed by atoms with Crippen LogP contribution in [0.3, 0.4) is 0 Å². The number of aliphatic carboxylic acids is 1. The maximum absolute atomic E-state index is 13.2. The number of aromatic nitrogens is 1. The minimum absolute atomic E-state index is 0.0586. The molecule has 9 nitrogen and oxygen atoms in total. The lowest BCUT2D eigenvalue weighted by molar-refractivity contribution is -0.192. The van der Waals surface area contributed by atoms with Gasteiger partial charge in [-0.15, -0.1) is 0 Å². The normalized spacial score (nSPS) is 23.3. The number of nitrogens with zero attached hydrogens (tertiary/aromatic N) is 4. The smallest absolute Gasteiger partial charge is 0.475 e. The van der Waals surface area contributed by atoms with Crippen molar-refractivity contribution in [3.63, 3.8) is 0 Å². The Bertz CT molecular complexity index is 1130. The SMILES string of the molecule is CCCCC1N(CC2CCCCC2)C(=O)OC12CCN(C1CCN(C(=O)c3ncccc3C)CC1)CC2.O=C(O)C(F)(F)F. The van der Waals surface area contributed by atoms with Crippen LogP contribution in [0.25, 0.3) is 0 Å². The molecule has 3 aliphatic heterocycles. The molecule has 44 heavy (non-hydrogen) atoms. The summed E-state index contributed by atoms with van der Waals surface area (Å²) in [5.41, 5.74) is 1.21. The second-order valence-corrected chi connectivity index (χ2v) is 12.8. The number of pyridine rings is 1. The number of rotatable bonds is 7. The van der Waals surface area contributed by atoms with E-state index in [0.717, 1.165) is 83.2 Å². The lowest BCUT2D eigenvalue weighted by Crippen LogP contribution is -2.56. The van der Waals surface area contributed by atoms with Crippen LogP contribution in [0, 0.1) is 12.8 Å². The van der Waals surface area contributed by atoms with Crippen molar-refractivity contribution in [2.45, 2.75) is 115 Å². The van der Waals surface area contributed by atoms with Gasteiger partial charge in [0.15, 0.2) is 0 Å². The van der Waals surface area contributed by atoms with Crippen LogP contribution in [0.1, 0.15) is 100 Å². The molecule has 1 atom stereocenters. The first-order valence-electron chi connectivity index (χ1n) is 16.2. The number of hydrogen-bond donors (Lipinski definition) is 1. The van der Waals surface area contributed by atoms with E-state index in [-0.39, 0.29) is 23.6 Å². The molecule has 12 heteroatoms. The van der Waals surface area contributed by atoms with Crippen LogP contribution in [-0.2, 0) is 9.53 Å². The number of unbranched alkanes of at least 4 members (excludes halogenated alkanes) is 1. The predicted octanol–water partition coefficient (Wildman–Crippen LogP) is 6.05. The average Bonchev–Trinajstić information content (AvgIpc) is 3.25. The van der Waals surface area contributed by atoms with Crippen molar-refractivity contribution in [3.05, 3.63) is 29.6 Å². The van der Waals surface area contributed by atoms with E-state index in [1.165, 1.54) is 32.1 Å². The van der Waals surface area contributed by atoms with E-state index in [4.69, 9.17) is 14.6 Å². The van der Waals surface area contributed by atoms with Crippen molar-refractivity contribution < 1.29 is 37.4 Å². The zero-order valence-corrected chi connectivity index (χ0v) is 26.0. The molecule has 1 saturated carbocycles. The molecule has 0 bridgehead atoms. The zero-order valence-electron chi connectivity index (χ0n) is 26.0. The highest BCUT2D eigenvalue weighted by atomic mass is 19.4. The summed E-state index contributed by atoms with van der Waals surface area (Å²) < 4.78 is 38.0. The topological polar surface area (TPSA) is 103 Å². The quantitative estimate of drug-likeness (QED) is 0.394. The van der Waals surface area contributed by atoms with E-state index in [1.54, 1.807) is 6.20 Å². The Hall–Kier alpha value is -2.89. The van der Waals surface area contributed by atoms with Crippen LogP contribution in [0.5, 0.6) is 0 Å². The Kier molecular flexibility index (Phi) is 11.5. The number of carbonyl (C=O) groups excluding carboxylic acids is 2. The number of piperidine rings is 2. The van der Waals surface area contributed by atoms with Gasteiger partial charge in [0.1, 0.15) is 11.3 Å². The Morgan fingerprint density at radius 2 is 1.70 bits per heavy atom. The second-order valence-electron chi connectivity index (χ2n) is 12.8. The first-order chi connectivity index (χ1) is 20.9. The van der Waals surface area contributed by atoms with Crippen LogP contribution in [0.4, 0.5) is 18.0 Å². The average molecular weight is 625 g/mol. The third-order valence-corrected chi connectivity index (χ3v) is 9.89. The number of aryl methyl sites for hydroxylation is 1. The molecule has 1 unspecified atom stereocenters. The molecule has 1 aromatic rings. The molecule has 246 valence electrons. The lowest BCUT2D eigenvalue weighted by Gasteiger charge is -2.46. The van der Waals surface area contributed by atoms with Crippen molar-refractivity contribution >= 4 is 18.0 Å². The molecule has 1 aromatic heterocycles. The van der Waals surface area contributed by atoms with E-state index in [9.17, 15) is 22.8 Å². The number of carboxylic acids is 1. The van der Waals surface area contributed by atoms with Gasteiger partial charge in [-0.05, 0) is 56.6 Å². The minimum atomic E-state index is -5.08. The molecule has 1 aliphatic carbocycles. The van der Waals surface area contributed by atoms with Gasteiger partial charge in [0.05, 0.1) is 6.04 Å². The highest BCUT2D eigenvalue weighted by Gasteiger charge is 2.55. The predicted molar refractivity (Wildman–Crippen MR) is 158 cm³/mol. The lowest BCUT2D eigenvalue weighted by atomic mass is 9.80. The number of amides is 2. The molecule has 5 rings (SSSR count). The highest BCUT2D eigenvalue weighted by Crippen LogP contribution is 2.43. The Balaban J connectivity index is 0.000000566. The van der Waals surface area contributed by atoms with Crippen molar-refractivity contribution in [1.29, 1.82) is 0 Å². The monoisotopic (exact) mass is 624 g/mol. The number of likely N-dealkylation sites (tertiary alicyclic amines) is 2. The van der Waals surface area contributed by atoms with Gasteiger partial charge in [-0.25, -0.2) is 9.59 Å². The van der Waals surface area contributed by atoms with Crippen LogP contribution >= 0.6 is 0 Å². The summed E-state index contributed by atoms with van der Waals surface area (Å²) in [5.74, 6) is -2.06. The molecule has 1 spiro atoms. The Morgan fingerprint density at radius 3 is 2.27 bits per heavy atom. The summed E-state index contributed by atoms with van der Waals surface area (Å²) >= 11 is 0. The van der Waals surface area contributed by atoms with Crippen molar-refractivity contribution in [3.8, 4) is 0 Å². The van der Waals surface area contributed by atoms with Gasteiger partial charge in [0, 0.05) is 57.8 Å². The standard InChI is InChI=1S/C30H46N4O3.C2HF3O2/c1-3-4-12-26-30(37-29(36)34(26)22-24-10-6-5-7-11-24)15-20-32(21-16-30)25-13-18-33(19-14-25)28(35)27-23(2)9-8-17-31-27;3-2(4,5)1(6)7/h8-9,17,24-26H,3-7,10-16,18-22H2,1-2H3;(H,6,7). The van der Waals surface area contributed by atoms with E-state index < -0.39 is 12.1 Å². The first kappa shape index (κ1) is 34.0. The van der Waals surface area contributed by atoms with E-state index in [0.29, 0.717) is 17.7 Å². The van der Waals surface area contributed by atoms with Crippen molar-refractivity contribution in [2.75, 3.05) is 32.7 Å². The maximum atomic E-state index is 13.2. The summed E-state index contributed by atoms with van der Waals surface area (Å²) in [7, 11) is 0. The minimum Gasteiger partial charge on any atom is -0.475 e. The molecule has 4 heterocycles. The molecular weight excluding hydrogens is 577 g/mol. The van der Waals surface area contributed by atoms with E-state index >= 15 is 0 Å². The van der Waals surface area contributed by atoms with Gasteiger partial charge in [-0.2, -0.15) is 13.2 Å². The zero-order chi connectivity index (χ0) is 31.9. The van der Waals surface area contributed by atoms with Gasteiger partial charge in [-0.1, -0.05) is 45.1 Å². The molecule has 4 aliphatic rings. The number of hydrogen-bond acceptors (Lipinski definition) is 6. The van der Waals surface area contributed by atoms with Crippen LogP contribution < -0.4 is 0 Å². The third kappa shape index (κ3) is 8.22. The van der Waals surface area contributed by atoms with Crippen LogP contribution in [0.2, 0.25) is 0 Å². The number of carbonyl (C=O) groups is 3. The molecule has 4 fully saturated rings. The first-order valence-corrected chi connectivity index (χ1v) is 16.2. The summed E-state index contributed by atoms with van der Waals surface area (Å²) in [6.45, 7) is 8.60. The Labute approximate surface area is 258 Å². The highest BCUT2D eigenvalue weighted by molar-refractivity contribution is 5.93. The van der Waals surface area contributed by atoms with Gasteiger partial charge >= 0.3 is 18.2 Å². The Morgan fingerprint density at radius 1 is 1.07 bits per heavy atom. The third-order valence-electron chi connectivity index (χ3n) is 9.89. The van der Waals surface area contributed by atoms with Crippen molar-refractivity contribution in [2.24, 2.45) is 5.92 Å². The number of halogens is 3. The van der Waals surface area contributed by atoms with Crippen LogP contribution in [0.15, 0.2) is 18.3 Å². The summed E-state index contributed by atoms with van der Waals surface area (Å²) in [4.78, 5) is 46.1. The van der Waals surface area contributed by atoms with Crippen LogP contribution in [-0.4, -0.2) is 99.3 Å². The van der Waals surface area contributed by atoms with Crippen molar-refractivity contribution in [1.82, 2.24) is 19.7 Å². The van der Waals surface area contributed by atoms with Gasteiger partial charge in [0.2, 0.25) is 0 Å². The second kappa shape index (κ2) is 14.9. The summed E-state index contributed by atoms with van der Waals surface area (Å²) in [6, 6.07) is 4.56. The molecule has 2 amide bonds. The number of ether oxygens (including phenoxy) is 1. The molecular formula is C32H47F3N4O5. The summed E-state index contributed by atoms with van der Waals surface area (Å²) in [6.07, 6.45) is 10.2. The van der Waals surface area contributed by atoms with Gasteiger partial charge in [-0.3, -0.25) is 14.7 Å². The largest absolute Gasteiger partial charge is 0.490 e. The molecule has 1 N–H and O–H groups in total. The fourth-order valence-corrected chi connectivity index (χ4v) is 7.37. The molecule has 3 saturated heterocycles. The molecule has 0 radical (unpaired) electrons. The summed E-state index contributed by atoms with van der Waals surface area (Å²) in [5, 5.41) is 7.12. The maximum Gasteiger partial charge on any atom is 0.490 e. The van der Waals surface area contributed by atoms with E-state index in [1.807, 2.05) is 24.0 Å². The fourth-order valence-electron chi connectivity index (χ4n) is 7.37. The number of carboxylic acid groups (broad SMARTS) is 1. The fraction of sp³-hybridized carbons (Fsp3) is 0.750. The molecule has 0 aromatic carbocycles. The van der Waals surface area contributed by atoms with Gasteiger partial charge < -0.3 is 19.6 Å². The van der Waals surface area contributed by atoms with Gasteiger partial charge in [0.25, 0.3) is 5.91 Å². The number of alkyl halides is 3.